The first-order valence-electron chi connectivity index (χ1n) is 1.64. The largest absolute Gasteiger partial charge is 2.00 e. The van der Waals surface area contributed by atoms with Crippen molar-refractivity contribution >= 4 is 45.5 Å². The number of nitrogens with zero attached hydrogens (tertiary/aromatic N) is 3. The van der Waals surface area contributed by atoms with Crippen LogP contribution in [0.1, 0.15) is 0 Å². The van der Waals surface area contributed by atoms with Gasteiger partial charge in [-0.2, -0.15) is 0 Å². The van der Waals surface area contributed by atoms with Gasteiger partial charge in [0.15, 0.2) is 0 Å². The van der Waals surface area contributed by atoms with Crippen LogP contribution in [0.3, 0.4) is 0 Å². The van der Waals surface area contributed by atoms with Gasteiger partial charge in [-0.25, -0.2) is 0 Å². The van der Waals surface area contributed by atoms with Crippen molar-refractivity contribution in [2.75, 3.05) is 0 Å². The van der Waals surface area contributed by atoms with Crippen LogP contribution in [0, 0.1) is 46.0 Å². The molecule has 0 N–H and O–H groups in total. The van der Waals surface area contributed by atoms with E-state index in [0.29, 0.717) is 0 Å². The molecule has 0 rings (SSSR count). The van der Waals surface area contributed by atoms with Crippen molar-refractivity contribution < 1.29 is 37.6 Å². The predicted octanol–water partition coefficient (Wildman–Crippen LogP) is -1.10. The molecule has 14 heteroatoms. The second-order valence-corrected chi connectivity index (χ2v) is 0.671. The molecule has 0 aromatic heterocycles. The van der Waals surface area contributed by atoms with Gasteiger partial charge in [0.1, 0.15) is 0 Å². The van der Waals surface area contributed by atoms with Crippen molar-refractivity contribution in [1.82, 2.24) is 0 Å². The Labute approximate surface area is 128 Å². The zero-order valence-corrected chi connectivity index (χ0v) is 11.0. The van der Waals surface area contributed by atoms with Gasteiger partial charge in [0.2, 0.25) is 0 Å². The average Bonchev–Trinajstić information content (AvgIpc) is 1.54. The smallest absolute Gasteiger partial charge is 0.356 e. The maximum atomic E-state index is 8.25. The van der Waals surface area contributed by atoms with Crippen molar-refractivity contribution in [2.24, 2.45) is 0 Å². The molecule has 0 spiro atoms. The molecule has 0 aliphatic heterocycles. The summed E-state index contributed by atoms with van der Waals surface area (Å²) in [6.07, 6.45) is 0. The van der Waals surface area contributed by atoms with Gasteiger partial charge in [0.25, 0.3) is 0 Å². The van der Waals surface area contributed by atoms with Crippen LogP contribution in [-0.2, 0) is 22.4 Å². The zero-order chi connectivity index (χ0) is 10.7. The molecule has 0 radical (unpaired) electrons. The zero-order valence-electron chi connectivity index (χ0n) is 6.02. The van der Waals surface area contributed by atoms with Crippen LogP contribution in [0.15, 0.2) is 0 Å². The molecular formula is AgN3O9Sr. The summed E-state index contributed by atoms with van der Waals surface area (Å²) in [7, 11) is 0. The molecule has 0 aromatic rings. The Kier molecular flexibility index (Phi) is 48.0. The quantitative estimate of drug-likeness (QED) is 0.283. The van der Waals surface area contributed by atoms with E-state index < -0.39 is 15.3 Å². The van der Waals surface area contributed by atoms with Gasteiger partial charge in [-0.15, -0.1) is 0 Å². The molecule has 0 bridgehead atoms. The minimum absolute atomic E-state index is 0. The van der Waals surface area contributed by atoms with E-state index in [-0.39, 0.29) is 67.9 Å². The molecule has 0 aromatic carbocycles. The third-order valence-electron chi connectivity index (χ3n) is 0. The second kappa shape index (κ2) is 23.0. The SMILES string of the molecule is O=[N+]([O-])[O-].O=[N+]([O-])[O-].O=[N+]([O-])[O-].[Ag+].[Sr+2]. The summed E-state index contributed by atoms with van der Waals surface area (Å²) in [6.45, 7) is 0. The van der Waals surface area contributed by atoms with Crippen LogP contribution in [0.5, 0.6) is 0 Å². The van der Waals surface area contributed by atoms with Crippen LogP contribution in [0.25, 0.3) is 0 Å². The van der Waals surface area contributed by atoms with Gasteiger partial charge in [-0.3, -0.25) is 0 Å². The molecule has 0 heterocycles. The third kappa shape index (κ3) is 43100. The first-order valence-corrected chi connectivity index (χ1v) is 1.64. The Morgan fingerprint density at radius 2 is 0.571 bits per heavy atom. The number of hydrogen-bond donors (Lipinski definition) is 0. The normalized spacial score (nSPS) is 5.14. The minimum atomic E-state index is -1.75. The standard InChI is InChI=1S/Ag.3NO3.Sr/c;3*2-1(3)4;/q+1;3*-1;+2. The van der Waals surface area contributed by atoms with Crippen molar-refractivity contribution in [2.45, 2.75) is 0 Å². The Morgan fingerprint density at radius 3 is 0.571 bits per heavy atom. The van der Waals surface area contributed by atoms with E-state index in [9.17, 15) is 0 Å². The molecule has 0 aliphatic carbocycles. The molecule has 0 atom stereocenters. The first-order chi connectivity index (χ1) is 5.20. The summed E-state index contributed by atoms with van der Waals surface area (Å²) in [6, 6.07) is 0. The van der Waals surface area contributed by atoms with Crippen LogP contribution >= 0.6 is 0 Å². The summed E-state index contributed by atoms with van der Waals surface area (Å²) in [5.41, 5.74) is 0. The molecule has 0 fully saturated rings. The van der Waals surface area contributed by atoms with E-state index in [1.165, 1.54) is 0 Å². The Bertz CT molecular complexity index is 118. The predicted molar refractivity (Wildman–Crippen MR) is 36.8 cm³/mol. The fourth-order valence-electron chi connectivity index (χ4n) is 0. The van der Waals surface area contributed by atoms with Crippen LogP contribution < -0.4 is 0 Å². The van der Waals surface area contributed by atoms with Gasteiger partial charge >= 0.3 is 67.9 Å². The molecule has 14 heavy (non-hydrogen) atoms. The van der Waals surface area contributed by atoms with Gasteiger partial charge in [0.05, 0.1) is 15.3 Å². The Hall–Kier alpha value is -0.179. The average molecular weight is 382 g/mol. The summed E-state index contributed by atoms with van der Waals surface area (Å²) >= 11 is 0. The number of rotatable bonds is 0. The van der Waals surface area contributed by atoms with Crippen molar-refractivity contribution in [1.29, 1.82) is 0 Å². The summed E-state index contributed by atoms with van der Waals surface area (Å²) < 4.78 is 0. The van der Waals surface area contributed by atoms with Crippen LogP contribution in [0.2, 0.25) is 0 Å². The maximum Gasteiger partial charge on any atom is 2.00 e. The molecule has 0 unspecified atom stereocenters. The molecule has 0 amide bonds. The number of hydrogen-bond acceptors (Lipinski definition) is 9. The van der Waals surface area contributed by atoms with E-state index >= 15 is 0 Å². The molecular weight excluding hydrogens is 382 g/mol. The van der Waals surface area contributed by atoms with Crippen molar-refractivity contribution in [3.63, 3.8) is 0 Å². The van der Waals surface area contributed by atoms with Gasteiger partial charge in [-0.1, -0.05) is 0 Å². The van der Waals surface area contributed by atoms with Crippen molar-refractivity contribution in [3.05, 3.63) is 46.0 Å². The second-order valence-electron chi connectivity index (χ2n) is 0.671. The molecule has 0 saturated heterocycles. The molecule has 0 saturated carbocycles. The monoisotopic (exact) mass is 381 g/mol. The van der Waals surface area contributed by atoms with Crippen LogP contribution in [0.4, 0.5) is 0 Å². The van der Waals surface area contributed by atoms with Crippen LogP contribution in [-0.4, -0.2) is 60.7 Å². The first kappa shape index (κ1) is 29.2. The van der Waals surface area contributed by atoms with Gasteiger partial charge in [-0.05, 0) is 0 Å². The molecule has 12 nitrogen and oxygen atoms in total. The van der Waals surface area contributed by atoms with E-state index in [1.54, 1.807) is 0 Å². The Balaban J connectivity index is -0.0000000270. The summed E-state index contributed by atoms with van der Waals surface area (Å²) in [5.74, 6) is 0. The Morgan fingerprint density at radius 1 is 0.571 bits per heavy atom. The van der Waals surface area contributed by atoms with E-state index in [4.69, 9.17) is 46.0 Å². The van der Waals surface area contributed by atoms with E-state index in [1.807, 2.05) is 0 Å². The summed E-state index contributed by atoms with van der Waals surface area (Å²) in [4.78, 5) is 24.8. The topological polar surface area (TPSA) is 199 Å². The molecule has 82 valence electrons. The fraction of sp³-hybridized carbons (Fsp3) is 0. The van der Waals surface area contributed by atoms with E-state index in [0.717, 1.165) is 0 Å². The third-order valence-corrected chi connectivity index (χ3v) is 0. The minimum Gasteiger partial charge on any atom is -0.356 e. The maximum absolute atomic E-state index is 8.25. The fourth-order valence-corrected chi connectivity index (χ4v) is 0. The summed E-state index contributed by atoms with van der Waals surface area (Å²) in [5, 5.41) is 44.2. The van der Waals surface area contributed by atoms with Crippen molar-refractivity contribution in [3.8, 4) is 0 Å². The van der Waals surface area contributed by atoms with Gasteiger partial charge < -0.3 is 46.0 Å². The molecule has 0 aliphatic rings. The van der Waals surface area contributed by atoms with E-state index in [2.05, 4.69) is 0 Å². The van der Waals surface area contributed by atoms with Gasteiger partial charge in [0, 0.05) is 0 Å².